The maximum atomic E-state index is 12.6. The Morgan fingerprint density at radius 3 is 2.57 bits per heavy atom. The number of hydrogen-bond acceptors (Lipinski definition) is 3. The third kappa shape index (κ3) is 4.87. The molecule has 0 unspecified atom stereocenters. The van der Waals surface area contributed by atoms with Gasteiger partial charge in [0, 0.05) is 39.1 Å². The van der Waals surface area contributed by atoms with Gasteiger partial charge in [-0.1, -0.05) is 43.5 Å². The number of nitrogens with zero attached hydrogens (tertiary/aromatic N) is 1. The Balaban J connectivity index is 1.22. The number of hydrogen-bond donors (Lipinski definition) is 1. The van der Waals surface area contributed by atoms with Crippen molar-refractivity contribution in [3.05, 3.63) is 35.4 Å². The maximum Gasteiger partial charge on any atom is 0.317 e. The summed E-state index contributed by atoms with van der Waals surface area (Å²) in [6.45, 7) is 4.10. The van der Waals surface area contributed by atoms with Crippen LogP contribution in [0.5, 0.6) is 0 Å². The number of urea groups is 1. The molecule has 1 N–H and O–H groups in total. The molecule has 2 heterocycles. The van der Waals surface area contributed by atoms with Crippen LogP contribution in [0.1, 0.15) is 62.0 Å². The summed E-state index contributed by atoms with van der Waals surface area (Å²) in [6.07, 6.45) is 9.44. The zero-order valence-electron chi connectivity index (χ0n) is 17.0. The zero-order valence-corrected chi connectivity index (χ0v) is 17.0. The van der Waals surface area contributed by atoms with Crippen LogP contribution in [0.2, 0.25) is 0 Å². The van der Waals surface area contributed by atoms with Crippen LogP contribution in [0.4, 0.5) is 4.79 Å². The first-order chi connectivity index (χ1) is 13.7. The van der Waals surface area contributed by atoms with Gasteiger partial charge in [-0.3, -0.25) is 0 Å². The van der Waals surface area contributed by atoms with Gasteiger partial charge in [-0.15, -0.1) is 0 Å². The van der Waals surface area contributed by atoms with Gasteiger partial charge in [0.1, 0.15) is 0 Å². The minimum absolute atomic E-state index is 0.0352. The summed E-state index contributed by atoms with van der Waals surface area (Å²) in [5.74, 6) is 0.751. The second-order valence-electron chi connectivity index (χ2n) is 8.62. The molecule has 0 atom stereocenters. The highest BCUT2D eigenvalue weighted by molar-refractivity contribution is 5.74. The van der Waals surface area contributed by atoms with E-state index < -0.39 is 0 Å². The number of morpholine rings is 1. The van der Waals surface area contributed by atoms with Crippen LogP contribution in [-0.4, -0.2) is 56.0 Å². The van der Waals surface area contributed by atoms with E-state index in [1.165, 1.54) is 43.2 Å². The molecule has 5 heteroatoms. The largest absolute Gasteiger partial charge is 0.381 e. The van der Waals surface area contributed by atoms with Crippen molar-refractivity contribution in [2.45, 2.75) is 62.9 Å². The first-order valence-corrected chi connectivity index (χ1v) is 11.1. The van der Waals surface area contributed by atoms with E-state index in [4.69, 9.17) is 9.47 Å². The second kappa shape index (κ2) is 9.27. The van der Waals surface area contributed by atoms with Crippen LogP contribution in [0, 0.1) is 0 Å². The number of benzene rings is 1. The van der Waals surface area contributed by atoms with Gasteiger partial charge in [0.25, 0.3) is 0 Å². The predicted molar refractivity (Wildman–Crippen MR) is 110 cm³/mol. The number of carbonyl (C=O) groups excluding carboxylic acids is 1. The molecule has 2 saturated heterocycles. The molecule has 0 aromatic heterocycles. The molecule has 154 valence electrons. The van der Waals surface area contributed by atoms with Gasteiger partial charge in [-0.05, 0) is 36.3 Å². The van der Waals surface area contributed by atoms with Crippen molar-refractivity contribution in [1.29, 1.82) is 0 Å². The Labute approximate surface area is 168 Å². The lowest BCUT2D eigenvalue weighted by Crippen LogP contribution is -2.57. The van der Waals surface area contributed by atoms with Gasteiger partial charge in [0.15, 0.2) is 0 Å². The van der Waals surface area contributed by atoms with Crippen LogP contribution >= 0.6 is 0 Å². The topological polar surface area (TPSA) is 50.8 Å². The molecule has 2 amide bonds. The predicted octanol–water partition coefficient (Wildman–Crippen LogP) is 3.87. The molecular formula is C23H34N2O3. The third-order valence-corrected chi connectivity index (χ3v) is 6.69. The van der Waals surface area contributed by atoms with Gasteiger partial charge in [0.05, 0.1) is 18.8 Å². The van der Waals surface area contributed by atoms with Crippen molar-refractivity contribution in [3.63, 3.8) is 0 Å². The summed E-state index contributed by atoms with van der Waals surface area (Å²) >= 11 is 0. The van der Waals surface area contributed by atoms with Gasteiger partial charge in [-0.25, -0.2) is 4.79 Å². The van der Waals surface area contributed by atoms with Crippen molar-refractivity contribution in [3.8, 4) is 0 Å². The quantitative estimate of drug-likeness (QED) is 0.855. The highest BCUT2D eigenvalue weighted by Crippen LogP contribution is 2.32. The monoisotopic (exact) mass is 386 g/mol. The Bertz CT molecular complexity index is 628. The van der Waals surface area contributed by atoms with E-state index >= 15 is 0 Å². The summed E-state index contributed by atoms with van der Waals surface area (Å²) in [4.78, 5) is 14.5. The Hall–Kier alpha value is -1.59. The summed E-state index contributed by atoms with van der Waals surface area (Å²) in [6, 6.07) is 9.10. The van der Waals surface area contributed by atoms with Crippen molar-refractivity contribution in [2.75, 3.05) is 39.5 Å². The molecule has 2 aliphatic heterocycles. The molecule has 28 heavy (non-hydrogen) atoms. The third-order valence-electron chi connectivity index (χ3n) is 6.69. The van der Waals surface area contributed by atoms with Crippen LogP contribution in [0.15, 0.2) is 24.3 Å². The van der Waals surface area contributed by atoms with E-state index in [1.54, 1.807) is 0 Å². The maximum absolute atomic E-state index is 12.6. The average Bonchev–Trinajstić information content (AvgIpc) is 2.75. The van der Waals surface area contributed by atoms with Gasteiger partial charge < -0.3 is 19.7 Å². The lowest BCUT2D eigenvalue weighted by molar-refractivity contribution is -0.145. The van der Waals surface area contributed by atoms with Crippen LogP contribution in [0.3, 0.4) is 0 Å². The molecule has 0 radical (unpaired) electrons. The summed E-state index contributed by atoms with van der Waals surface area (Å²) in [5.41, 5.74) is 2.59. The van der Waals surface area contributed by atoms with Crippen molar-refractivity contribution < 1.29 is 14.3 Å². The molecule has 3 fully saturated rings. The molecule has 1 spiro atoms. The molecule has 0 bridgehead atoms. The van der Waals surface area contributed by atoms with Gasteiger partial charge in [0.2, 0.25) is 0 Å². The fourth-order valence-electron chi connectivity index (χ4n) is 4.88. The number of carbonyl (C=O) groups is 1. The van der Waals surface area contributed by atoms with E-state index in [0.29, 0.717) is 26.2 Å². The van der Waals surface area contributed by atoms with Gasteiger partial charge in [-0.2, -0.15) is 0 Å². The molecule has 1 aromatic rings. The summed E-state index contributed by atoms with van der Waals surface area (Å²) < 4.78 is 11.5. The first-order valence-electron chi connectivity index (χ1n) is 11.1. The number of amides is 2. The highest BCUT2D eigenvalue weighted by atomic mass is 16.5. The van der Waals surface area contributed by atoms with E-state index in [2.05, 4.69) is 29.6 Å². The van der Waals surface area contributed by atoms with Crippen LogP contribution < -0.4 is 5.32 Å². The Morgan fingerprint density at radius 1 is 1.07 bits per heavy atom. The lowest BCUT2D eigenvalue weighted by Gasteiger charge is -2.44. The van der Waals surface area contributed by atoms with Crippen LogP contribution in [-0.2, 0) is 15.9 Å². The number of rotatable bonds is 4. The SMILES string of the molecule is O=C(NCCc1ccc(C2CCCCC2)cc1)N1CCOC2(CCOCC2)C1. The minimum Gasteiger partial charge on any atom is -0.381 e. The molecule has 4 rings (SSSR count). The molecule has 1 aliphatic carbocycles. The fourth-order valence-corrected chi connectivity index (χ4v) is 4.88. The van der Waals surface area contributed by atoms with Crippen molar-refractivity contribution >= 4 is 6.03 Å². The second-order valence-corrected chi connectivity index (χ2v) is 8.62. The molecule has 1 aromatic carbocycles. The smallest absolute Gasteiger partial charge is 0.317 e. The Morgan fingerprint density at radius 2 is 1.82 bits per heavy atom. The summed E-state index contributed by atoms with van der Waals surface area (Å²) in [7, 11) is 0. The fraction of sp³-hybridized carbons (Fsp3) is 0.696. The minimum atomic E-state index is -0.192. The van der Waals surface area contributed by atoms with E-state index in [0.717, 1.165) is 38.4 Å². The average molecular weight is 387 g/mol. The zero-order chi connectivity index (χ0) is 19.2. The Kier molecular flexibility index (Phi) is 6.53. The molecular weight excluding hydrogens is 352 g/mol. The number of nitrogens with one attached hydrogen (secondary N) is 1. The van der Waals surface area contributed by atoms with Gasteiger partial charge >= 0.3 is 6.03 Å². The molecule has 1 saturated carbocycles. The lowest BCUT2D eigenvalue weighted by atomic mass is 9.84. The van der Waals surface area contributed by atoms with Crippen LogP contribution in [0.25, 0.3) is 0 Å². The van der Waals surface area contributed by atoms with E-state index in [9.17, 15) is 4.79 Å². The first kappa shape index (κ1) is 19.7. The molecule has 3 aliphatic rings. The normalized spacial score (nSPS) is 22.9. The van der Waals surface area contributed by atoms with E-state index in [1.807, 2.05) is 4.90 Å². The standard InChI is InChI=1S/C23H34N2O3/c26-22(25-14-17-28-23(18-25)11-15-27-16-12-23)24-13-10-19-6-8-21(9-7-19)20-4-2-1-3-5-20/h6-9,20H,1-5,10-18H2,(H,24,26). The van der Waals surface area contributed by atoms with Crippen molar-refractivity contribution in [1.82, 2.24) is 10.2 Å². The van der Waals surface area contributed by atoms with E-state index in [-0.39, 0.29) is 11.6 Å². The molecule has 5 nitrogen and oxygen atoms in total. The van der Waals surface area contributed by atoms with Crippen molar-refractivity contribution in [2.24, 2.45) is 0 Å². The highest BCUT2D eigenvalue weighted by Gasteiger charge is 2.39. The summed E-state index contributed by atoms with van der Waals surface area (Å²) in [5, 5.41) is 3.10. The number of ether oxygens (including phenoxy) is 2.